The van der Waals surface area contributed by atoms with E-state index in [1.165, 1.54) is 30.3 Å². The number of benzene rings is 2. The van der Waals surface area contributed by atoms with Crippen LogP contribution >= 0.6 is 34.8 Å². The third-order valence-electron chi connectivity index (χ3n) is 6.24. The summed E-state index contributed by atoms with van der Waals surface area (Å²) in [4.78, 5) is 38.5. The van der Waals surface area contributed by atoms with E-state index in [-0.39, 0.29) is 50.5 Å². The van der Waals surface area contributed by atoms with Crippen molar-refractivity contribution in [1.29, 1.82) is 0 Å². The Hall–Kier alpha value is -2.72. The van der Waals surface area contributed by atoms with Crippen LogP contribution in [-0.4, -0.2) is 45.9 Å². The number of carbonyl (C=O) groups excluding carboxylic acids is 3. The molecule has 3 aliphatic rings. The molecule has 12 heteroatoms. The number of hydrazine groups is 1. The molecule has 34 heavy (non-hydrogen) atoms. The van der Waals surface area contributed by atoms with Crippen molar-refractivity contribution in [3.8, 4) is 17.2 Å². The summed E-state index contributed by atoms with van der Waals surface area (Å²) in [6.45, 7) is 0.694. The second-order valence-electron chi connectivity index (χ2n) is 8.43. The van der Waals surface area contributed by atoms with Gasteiger partial charge >= 0.3 is 6.03 Å². The number of nitrogens with one attached hydrogen (secondary N) is 2. The highest BCUT2D eigenvalue weighted by molar-refractivity contribution is 6.38. The summed E-state index contributed by atoms with van der Waals surface area (Å²) in [5, 5.41) is 13.6. The number of aromatic hydroxyl groups is 1. The van der Waals surface area contributed by atoms with E-state index in [9.17, 15) is 19.5 Å². The highest BCUT2D eigenvalue weighted by Gasteiger charge is 2.41. The summed E-state index contributed by atoms with van der Waals surface area (Å²) in [5.74, 6) is -0.195. The van der Waals surface area contributed by atoms with Gasteiger partial charge < -0.3 is 14.7 Å². The first-order chi connectivity index (χ1) is 16.2. The normalized spacial score (nSPS) is 23.9. The van der Waals surface area contributed by atoms with Gasteiger partial charge in [0.2, 0.25) is 0 Å². The van der Waals surface area contributed by atoms with E-state index < -0.39 is 17.4 Å². The molecule has 3 atom stereocenters. The molecule has 2 bridgehead atoms. The number of urea groups is 1. The molecule has 178 valence electrons. The summed E-state index contributed by atoms with van der Waals surface area (Å²) in [5.41, 5.74) is 1.73. The minimum absolute atomic E-state index is 0.0675. The van der Waals surface area contributed by atoms with Crippen LogP contribution in [0.4, 0.5) is 10.5 Å². The summed E-state index contributed by atoms with van der Waals surface area (Å²) >= 11 is 18.6. The average molecular weight is 526 g/mol. The SMILES string of the molecule is O=C1NC(=O)N(c2cc(Cl)c(Oc3ccc(O)c(C(=O)N4C[C@H]5CC[C@@H]4C5)c3)c(Cl)c2)NC1Cl. The minimum atomic E-state index is -1.16. The van der Waals surface area contributed by atoms with Crippen LogP contribution in [0.15, 0.2) is 30.3 Å². The van der Waals surface area contributed by atoms with E-state index in [1.807, 2.05) is 4.90 Å². The first kappa shape index (κ1) is 23.0. The lowest BCUT2D eigenvalue weighted by Crippen LogP contribution is -2.62. The molecule has 2 heterocycles. The molecule has 2 aliphatic heterocycles. The van der Waals surface area contributed by atoms with Gasteiger partial charge in [-0.15, -0.1) is 0 Å². The average Bonchev–Trinajstić information content (AvgIpc) is 3.43. The third-order valence-corrected chi connectivity index (χ3v) is 7.09. The number of hydrogen-bond donors (Lipinski definition) is 3. The third kappa shape index (κ3) is 4.13. The Morgan fingerprint density at radius 2 is 1.85 bits per heavy atom. The van der Waals surface area contributed by atoms with Crippen molar-refractivity contribution in [1.82, 2.24) is 15.6 Å². The van der Waals surface area contributed by atoms with Crippen LogP contribution in [0.3, 0.4) is 0 Å². The highest BCUT2D eigenvalue weighted by atomic mass is 35.5. The van der Waals surface area contributed by atoms with Crippen molar-refractivity contribution >= 4 is 58.3 Å². The summed E-state index contributed by atoms with van der Waals surface area (Å²) in [6.07, 6.45) is 3.11. The van der Waals surface area contributed by atoms with Crippen LogP contribution in [0.5, 0.6) is 17.2 Å². The van der Waals surface area contributed by atoms with Crippen molar-refractivity contribution < 1.29 is 24.2 Å². The number of phenolic OH excluding ortho intramolecular Hbond substituents is 1. The molecular weight excluding hydrogens is 507 g/mol. The summed E-state index contributed by atoms with van der Waals surface area (Å²) < 4.78 is 5.85. The fourth-order valence-electron chi connectivity index (χ4n) is 4.62. The molecule has 0 aromatic heterocycles. The van der Waals surface area contributed by atoms with E-state index in [1.54, 1.807) is 0 Å². The smallest absolute Gasteiger partial charge is 0.343 e. The van der Waals surface area contributed by atoms with Crippen LogP contribution in [0.25, 0.3) is 0 Å². The maximum absolute atomic E-state index is 13.1. The Bertz CT molecular complexity index is 1190. The molecule has 4 amide bonds. The Labute approximate surface area is 209 Å². The standard InChI is InChI=1S/C22H19Cl3N4O5/c23-15-6-12(29-22(33)26-20(31)19(25)27-29)7-16(24)18(15)34-13-3-4-17(30)14(8-13)21(32)28-9-10-1-2-11(28)5-10/h3-4,6-8,10-11,19,27,30H,1-2,5,9H2,(H,26,31,33)/t10-,11+,19?/m0/s1. The maximum atomic E-state index is 13.1. The topological polar surface area (TPSA) is 111 Å². The molecular formula is C22H19Cl3N4O5. The number of imide groups is 1. The number of ether oxygens (including phenoxy) is 1. The fraction of sp³-hybridized carbons (Fsp3) is 0.318. The van der Waals surface area contributed by atoms with Gasteiger partial charge in [0, 0.05) is 12.6 Å². The molecule has 9 nitrogen and oxygen atoms in total. The Kier molecular flexibility index (Phi) is 5.97. The number of phenols is 1. The number of carbonyl (C=O) groups is 3. The molecule has 5 rings (SSSR count). The van der Waals surface area contributed by atoms with Crippen LogP contribution in [0.1, 0.15) is 29.6 Å². The van der Waals surface area contributed by atoms with Crippen molar-refractivity contribution in [2.45, 2.75) is 30.8 Å². The molecule has 1 unspecified atom stereocenters. The lowest BCUT2D eigenvalue weighted by molar-refractivity contribution is -0.120. The van der Waals surface area contributed by atoms with Gasteiger partial charge in [-0.05, 0) is 55.5 Å². The number of hydrogen-bond acceptors (Lipinski definition) is 6. The first-order valence-corrected chi connectivity index (χ1v) is 11.8. The van der Waals surface area contributed by atoms with Gasteiger partial charge in [-0.1, -0.05) is 34.8 Å². The molecule has 2 saturated heterocycles. The summed E-state index contributed by atoms with van der Waals surface area (Å²) in [7, 11) is 0. The number of rotatable bonds is 4. The van der Waals surface area contributed by atoms with E-state index in [4.69, 9.17) is 39.5 Å². The Morgan fingerprint density at radius 3 is 2.50 bits per heavy atom. The highest BCUT2D eigenvalue weighted by Crippen LogP contribution is 2.42. The van der Waals surface area contributed by atoms with Crippen LogP contribution in [0.2, 0.25) is 10.0 Å². The molecule has 1 aliphatic carbocycles. The van der Waals surface area contributed by atoms with Gasteiger partial charge in [-0.3, -0.25) is 14.9 Å². The lowest BCUT2D eigenvalue weighted by Gasteiger charge is -2.30. The van der Waals surface area contributed by atoms with E-state index in [2.05, 4.69) is 10.7 Å². The molecule has 2 aromatic rings. The predicted molar refractivity (Wildman–Crippen MR) is 126 cm³/mol. The number of piperidine rings is 1. The molecule has 3 fully saturated rings. The van der Waals surface area contributed by atoms with E-state index in [0.717, 1.165) is 24.3 Å². The minimum Gasteiger partial charge on any atom is -0.507 e. The maximum Gasteiger partial charge on any atom is 0.343 e. The van der Waals surface area contributed by atoms with Crippen LogP contribution in [0, 0.1) is 5.92 Å². The number of fused-ring (bicyclic) bond motifs is 2. The number of halogens is 3. The van der Waals surface area contributed by atoms with Gasteiger partial charge in [0.25, 0.3) is 11.8 Å². The van der Waals surface area contributed by atoms with Crippen molar-refractivity contribution in [3.05, 3.63) is 45.9 Å². The van der Waals surface area contributed by atoms with E-state index >= 15 is 0 Å². The van der Waals surface area contributed by atoms with Crippen molar-refractivity contribution in [2.75, 3.05) is 11.6 Å². The zero-order valence-electron chi connectivity index (χ0n) is 17.6. The van der Waals surface area contributed by atoms with Gasteiger partial charge in [0.15, 0.2) is 11.3 Å². The van der Waals surface area contributed by atoms with Crippen LogP contribution < -0.4 is 20.5 Å². The molecule has 2 aromatic carbocycles. The number of alkyl halides is 1. The van der Waals surface area contributed by atoms with Crippen LogP contribution in [-0.2, 0) is 4.79 Å². The second-order valence-corrected chi connectivity index (χ2v) is 9.68. The first-order valence-electron chi connectivity index (χ1n) is 10.6. The number of nitrogens with zero attached hydrogens (tertiary/aromatic N) is 2. The molecule has 1 saturated carbocycles. The quantitative estimate of drug-likeness (QED) is 0.407. The zero-order chi connectivity index (χ0) is 24.1. The second kappa shape index (κ2) is 8.81. The fourth-order valence-corrected chi connectivity index (χ4v) is 5.32. The Balaban J connectivity index is 1.38. The molecule has 0 spiro atoms. The monoisotopic (exact) mass is 524 g/mol. The van der Waals surface area contributed by atoms with E-state index in [0.29, 0.717) is 12.5 Å². The van der Waals surface area contributed by atoms with Crippen molar-refractivity contribution in [3.63, 3.8) is 0 Å². The number of amides is 4. The lowest BCUT2D eigenvalue weighted by atomic mass is 10.1. The van der Waals surface area contributed by atoms with Gasteiger partial charge in [0.05, 0.1) is 21.3 Å². The zero-order valence-corrected chi connectivity index (χ0v) is 19.8. The number of anilines is 1. The summed E-state index contributed by atoms with van der Waals surface area (Å²) in [6, 6.07) is 6.60. The molecule has 3 N–H and O–H groups in total. The molecule has 0 radical (unpaired) electrons. The largest absolute Gasteiger partial charge is 0.507 e. The Morgan fingerprint density at radius 1 is 1.12 bits per heavy atom. The number of likely N-dealkylation sites (tertiary alicyclic amines) is 1. The van der Waals surface area contributed by atoms with Gasteiger partial charge in [-0.25, -0.2) is 9.80 Å². The predicted octanol–water partition coefficient (Wildman–Crippen LogP) is 4.24. The van der Waals surface area contributed by atoms with Gasteiger partial charge in [-0.2, -0.15) is 5.43 Å². The van der Waals surface area contributed by atoms with Crippen molar-refractivity contribution in [2.24, 2.45) is 5.92 Å². The van der Waals surface area contributed by atoms with Gasteiger partial charge in [0.1, 0.15) is 11.5 Å².